The van der Waals surface area contributed by atoms with Gasteiger partial charge >= 0.3 is 0 Å². The Kier molecular flexibility index (Phi) is 3.71. The third-order valence-corrected chi connectivity index (χ3v) is 3.63. The van der Waals surface area contributed by atoms with Crippen LogP contribution in [0, 0.1) is 5.82 Å². The monoisotopic (exact) mass is 249 g/mol. The Balaban J connectivity index is 2.24. The largest absolute Gasteiger partial charge is 0.497 e. The molecule has 98 valence electrons. The van der Waals surface area contributed by atoms with Crippen LogP contribution in [0.5, 0.6) is 0 Å². The van der Waals surface area contributed by atoms with Crippen molar-refractivity contribution in [2.75, 3.05) is 6.61 Å². The van der Waals surface area contributed by atoms with Gasteiger partial charge in [0.05, 0.1) is 12.6 Å². The van der Waals surface area contributed by atoms with E-state index < -0.39 is 0 Å². The van der Waals surface area contributed by atoms with Crippen LogP contribution in [0.3, 0.4) is 0 Å². The topological polar surface area (TPSA) is 35.2 Å². The lowest BCUT2D eigenvalue weighted by Crippen LogP contribution is -2.43. The molecule has 1 aromatic carbocycles. The molecule has 2 N–H and O–H groups in total. The maximum atomic E-state index is 13.0. The highest BCUT2D eigenvalue weighted by Crippen LogP contribution is 2.31. The van der Waals surface area contributed by atoms with Gasteiger partial charge in [0.2, 0.25) is 0 Å². The van der Waals surface area contributed by atoms with Gasteiger partial charge in [-0.15, -0.1) is 0 Å². The van der Waals surface area contributed by atoms with Crippen LogP contribution in [0.2, 0.25) is 0 Å². The zero-order valence-corrected chi connectivity index (χ0v) is 10.9. The Bertz CT molecular complexity index is 436. The van der Waals surface area contributed by atoms with Crippen LogP contribution in [0.1, 0.15) is 32.3 Å². The van der Waals surface area contributed by atoms with E-state index in [2.05, 4.69) is 19.9 Å². The van der Waals surface area contributed by atoms with Crippen LogP contribution in [0.4, 0.5) is 4.39 Å². The molecule has 0 bridgehead atoms. The summed E-state index contributed by atoms with van der Waals surface area (Å²) in [5, 5.41) is 0. The molecule has 1 aliphatic heterocycles. The van der Waals surface area contributed by atoms with Crippen LogP contribution >= 0.6 is 0 Å². The molecule has 1 aromatic rings. The Morgan fingerprint density at radius 2 is 1.94 bits per heavy atom. The average Bonchev–Trinajstić information content (AvgIpc) is 2.39. The third kappa shape index (κ3) is 2.56. The van der Waals surface area contributed by atoms with Crippen molar-refractivity contribution in [2.45, 2.75) is 38.1 Å². The Hall–Kier alpha value is -1.35. The van der Waals surface area contributed by atoms with Gasteiger partial charge in [-0.25, -0.2) is 4.39 Å². The summed E-state index contributed by atoms with van der Waals surface area (Å²) in [6, 6.07) is 6.32. The van der Waals surface area contributed by atoms with E-state index in [1.54, 1.807) is 12.1 Å². The van der Waals surface area contributed by atoms with Gasteiger partial charge in [0.25, 0.3) is 0 Å². The Morgan fingerprint density at radius 3 is 2.50 bits per heavy atom. The second-order valence-electron chi connectivity index (χ2n) is 5.30. The third-order valence-electron chi connectivity index (χ3n) is 3.63. The summed E-state index contributed by atoms with van der Waals surface area (Å²) in [5.41, 5.74) is 7.05. The quantitative estimate of drug-likeness (QED) is 0.893. The highest BCUT2D eigenvalue weighted by molar-refractivity contribution is 5.30. The van der Waals surface area contributed by atoms with E-state index in [-0.39, 0.29) is 17.3 Å². The second-order valence-corrected chi connectivity index (χ2v) is 5.30. The van der Waals surface area contributed by atoms with Crippen molar-refractivity contribution in [3.05, 3.63) is 47.5 Å². The number of ether oxygens (including phenoxy) is 1. The summed E-state index contributed by atoms with van der Waals surface area (Å²) >= 11 is 0. The molecule has 1 aliphatic rings. The van der Waals surface area contributed by atoms with Crippen molar-refractivity contribution in [3.63, 3.8) is 0 Å². The minimum absolute atomic E-state index is 0.205. The molecule has 1 atom stereocenters. The maximum absolute atomic E-state index is 13.0. The SMILES string of the molecule is CC(C)(c1ccc(F)cc1)C(N)C1=CCCCO1. The molecule has 1 unspecified atom stereocenters. The van der Waals surface area contributed by atoms with E-state index in [0.29, 0.717) is 0 Å². The Labute approximate surface area is 108 Å². The number of benzene rings is 1. The summed E-state index contributed by atoms with van der Waals surface area (Å²) in [6.07, 6.45) is 4.13. The van der Waals surface area contributed by atoms with Gasteiger partial charge < -0.3 is 10.5 Å². The number of allylic oxidation sites excluding steroid dienone is 1. The van der Waals surface area contributed by atoms with Gasteiger partial charge in [0, 0.05) is 5.41 Å². The maximum Gasteiger partial charge on any atom is 0.123 e. The van der Waals surface area contributed by atoms with Gasteiger partial charge in [-0.05, 0) is 36.6 Å². The predicted molar refractivity (Wildman–Crippen MR) is 70.7 cm³/mol. The van der Waals surface area contributed by atoms with E-state index >= 15 is 0 Å². The lowest BCUT2D eigenvalue weighted by Gasteiger charge is -2.34. The minimum atomic E-state index is -0.281. The van der Waals surface area contributed by atoms with Gasteiger partial charge in [-0.2, -0.15) is 0 Å². The fourth-order valence-electron chi connectivity index (χ4n) is 2.21. The van der Waals surface area contributed by atoms with Gasteiger partial charge in [-0.3, -0.25) is 0 Å². The molecule has 0 amide bonds. The highest BCUT2D eigenvalue weighted by Gasteiger charge is 2.32. The van der Waals surface area contributed by atoms with Crippen molar-refractivity contribution in [2.24, 2.45) is 5.73 Å². The van der Waals surface area contributed by atoms with Gasteiger partial charge in [0.15, 0.2) is 0 Å². The number of rotatable bonds is 3. The van der Waals surface area contributed by atoms with Crippen molar-refractivity contribution in [1.29, 1.82) is 0 Å². The van der Waals surface area contributed by atoms with Gasteiger partial charge in [-0.1, -0.05) is 26.0 Å². The summed E-state index contributed by atoms with van der Waals surface area (Å²) < 4.78 is 18.6. The molecule has 0 saturated carbocycles. The van der Waals surface area contributed by atoms with Crippen LogP contribution in [-0.2, 0) is 10.2 Å². The first kappa shape index (κ1) is 13.1. The van der Waals surface area contributed by atoms with Crippen LogP contribution in [0.15, 0.2) is 36.1 Å². The first-order valence-electron chi connectivity index (χ1n) is 6.36. The summed E-state index contributed by atoms with van der Waals surface area (Å²) in [7, 11) is 0. The van der Waals surface area contributed by atoms with Crippen LogP contribution < -0.4 is 5.73 Å². The summed E-state index contributed by atoms with van der Waals surface area (Å²) in [5.74, 6) is 0.631. The number of hydrogen-bond donors (Lipinski definition) is 1. The summed E-state index contributed by atoms with van der Waals surface area (Å²) in [6.45, 7) is 4.85. The molecule has 0 spiro atoms. The van der Waals surface area contributed by atoms with Crippen LogP contribution in [-0.4, -0.2) is 12.6 Å². The minimum Gasteiger partial charge on any atom is -0.497 e. The Morgan fingerprint density at radius 1 is 1.28 bits per heavy atom. The fourth-order valence-corrected chi connectivity index (χ4v) is 2.21. The molecule has 0 saturated heterocycles. The lowest BCUT2D eigenvalue weighted by molar-refractivity contribution is 0.159. The van der Waals surface area contributed by atoms with E-state index in [0.717, 1.165) is 30.8 Å². The average molecular weight is 249 g/mol. The smallest absolute Gasteiger partial charge is 0.123 e. The first-order chi connectivity index (χ1) is 8.51. The molecule has 18 heavy (non-hydrogen) atoms. The molecule has 0 aromatic heterocycles. The van der Waals surface area contributed by atoms with Crippen molar-refractivity contribution >= 4 is 0 Å². The van der Waals surface area contributed by atoms with E-state index in [9.17, 15) is 4.39 Å². The molecule has 0 aliphatic carbocycles. The van der Waals surface area contributed by atoms with Crippen molar-refractivity contribution < 1.29 is 9.13 Å². The molecule has 3 heteroatoms. The highest BCUT2D eigenvalue weighted by atomic mass is 19.1. The van der Waals surface area contributed by atoms with E-state index in [4.69, 9.17) is 10.5 Å². The molecule has 2 rings (SSSR count). The van der Waals surface area contributed by atoms with Crippen LogP contribution in [0.25, 0.3) is 0 Å². The molecular weight excluding hydrogens is 229 g/mol. The summed E-state index contributed by atoms with van der Waals surface area (Å²) in [4.78, 5) is 0. The van der Waals surface area contributed by atoms with E-state index in [1.165, 1.54) is 12.1 Å². The molecule has 2 nitrogen and oxygen atoms in total. The first-order valence-corrected chi connectivity index (χ1v) is 6.36. The zero-order valence-electron chi connectivity index (χ0n) is 10.9. The molecule has 0 radical (unpaired) electrons. The van der Waals surface area contributed by atoms with Gasteiger partial charge in [0.1, 0.15) is 11.6 Å². The van der Waals surface area contributed by atoms with Crippen molar-refractivity contribution in [1.82, 2.24) is 0 Å². The normalized spacial score (nSPS) is 17.9. The lowest BCUT2D eigenvalue weighted by atomic mass is 9.77. The molecule has 0 fully saturated rings. The standard InChI is InChI=1S/C15H20FNO/c1-15(2,11-6-8-12(16)9-7-11)14(17)13-5-3-4-10-18-13/h5-9,14H,3-4,10,17H2,1-2H3. The number of halogens is 1. The number of hydrogen-bond acceptors (Lipinski definition) is 2. The molecule has 1 heterocycles. The zero-order chi connectivity index (χ0) is 13.2. The van der Waals surface area contributed by atoms with E-state index in [1.807, 2.05) is 0 Å². The second kappa shape index (κ2) is 5.11. The van der Waals surface area contributed by atoms with Crippen molar-refractivity contribution in [3.8, 4) is 0 Å². The fraction of sp³-hybridized carbons (Fsp3) is 0.467. The predicted octanol–water partition coefficient (Wildman–Crippen LogP) is 3.12. The number of nitrogens with two attached hydrogens (primary N) is 1. The molecular formula is C15H20FNO.